The molecule has 0 aliphatic carbocycles. The van der Waals surface area contributed by atoms with Gasteiger partial charge in [0.15, 0.2) is 12.4 Å². The summed E-state index contributed by atoms with van der Waals surface area (Å²) in [5, 5.41) is 40.2. The molecule has 1 saturated heterocycles. The lowest BCUT2D eigenvalue weighted by Gasteiger charge is -2.39. The first-order chi connectivity index (χ1) is 30.3. The molecule has 0 saturated carbocycles. The van der Waals surface area contributed by atoms with Crippen LogP contribution >= 0.6 is 0 Å². The molecule has 62 heavy (non-hydrogen) atoms. The van der Waals surface area contributed by atoms with E-state index in [2.05, 4.69) is 38.2 Å². The number of ether oxygens (including phenoxy) is 4. The molecular formula is C52H96O10. The second-order valence-electron chi connectivity index (χ2n) is 18.0. The van der Waals surface area contributed by atoms with E-state index in [0.29, 0.717) is 12.8 Å². The highest BCUT2D eigenvalue weighted by molar-refractivity contribution is 5.70. The first-order valence-electron chi connectivity index (χ1n) is 25.9. The smallest absolute Gasteiger partial charge is 0.306 e. The van der Waals surface area contributed by atoms with E-state index < -0.39 is 55.4 Å². The zero-order valence-corrected chi connectivity index (χ0v) is 39.9. The molecule has 0 aromatic heterocycles. The fourth-order valence-corrected chi connectivity index (χ4v) is 7.98. The summed E-state index contributed by atoms with van der Waals surface area (Å²) in [7, 11) is 0. The van der Waals surface area contributed by atoms with E-state index in [9.17, 15) is 30.0 Å². The average Bonchev–Trinajstić information content (AvgIpc) is 3.27. The topological polar surface area (TPSA) is 152 Å². The molecule has 10 nitrogen and oxygen atoms in total. The van der Waals surface area contributed by atoms with Crippen LogP contribution in [0.5, 0.6) is 0 Å². The Balaban J connectivity index is 2.25. The fraction of sp³-hybridized carbons (Fsp3) is 0.885. The van der Waals surface area contributed by atoms with Crippen molar-refractivity contribution < 1.29 is 49.0 Å². The molecule has 1 aliphatic heterocycles. The molecule has 364 valence electrons. The standard InChI is InChI=1S/C52H96O10/c1-3-5-7-9-11-13-15-17-19-20-21-22-23-24-25-26-27-29-30-32-34-36-38-40-47(54)59-43-45(44-60-52-51(58)50(57)49(56)46(42-53)62-52)61-48(55)41-39-37-35-33-31-28-18-16-14-12-10-8-6-4-2/h26-27,32,34,45-46,49-53,56-58H,3-25,28-31,33,35-44H2,1-2H3/b27-26+,34-32+/t45-,46-,49+,50?,51?,52-/m0/s1. The molecule has 1 rings (SSSR count). The van der Waals surface area contributed by atoms with Crippen LogP contribution in [0.25, 0.3) is 0 Å². The van der Waals surface area contributed by atoms with Crippen molar-refractivity contribution in [2.75, 3.05) is 19.8 Å². The van der Waals surface area contributed by atoms with Gasteiger partial charge in [-0.25, -0.2) is 0 Å². The van der Waals surface area contributed by atoms with Gasteiger partial charge in [-0.1, -0.05) is 205 Å². The Morgan fingerprint density at radius 3 is 1.35 bits per heavy atom. The minimum absolute atomic E-state index is 0.219. The number of esters is 2. The molecule has 6 atom stereocenters. The summed E-state index contributed by atoms with van der Waals surface area (Å²) in [5.41, 5.74) is 0. The Hall–Kier alpha value is -1.82. The molecular weight excluding hydrogens is 785 g/mol. The van der Waals surface area contributed by atoms with Crippen LogP contribution in [-0.4, -0.2) is 89.0 Å². The van der Waals surface area contributed by atoms with Crippen molar-refractivity contribution in [2.45, 2.75) is 275 Å². The molecule has 0 radical (unpaired) electrons. The predicted molar refractivity (Wildman–Crippen MR) is 252 cm³/mol. The molecule has 0 aromatic rings. The maximum atomic E-state index is 12.8. The highest BCUT2D eigenvalue weighted by Crippen LogP contribution is 2.23. The number of hydrogen-bond acceptors (Lipinski definition) is 10. The summed E-state index contributed by atoms with van der Waals surface area (Å²) in [6.45, 7) is 3.42. The van der Waals surface area contributed by atoms with Gasteiger partial charge in [-0.15, -0.1) is 0 Å². The maximum absolute atomic E-state index is 12.8. The van der Waals surface area contributed by atoms with Gasteiger partial charge in [0, 0.05) is 12.8 Å². The second kappa shape index (κ2) is 43.1. The summed E-state index contributed by atoms with van der Waals surface area (Å²) in [6.07, 6.45) is 42.0. The molecule has 0 bridgehead atoms. The van der Waals surface area contributed by atoms with E-state index in [0.717, 1.165) is 44.9 Å². The number of hydrogen-bond donors (Lipinski definition) is 4. The van der Waals surface area contributed by atoms with Crippen molar-refractivity contribution in [3.63, 3.8) is 0 Å². The van der Waals surface area contributed by atoms with E-state index in [1.165, 1.54) is 154 Å². The zero-order chi connectivity index (χ0) is 45.1. The molecule has 1 heterocycles. The maximum Gasteiger partial charge on any atom is 0.306 e. The molecule has 0 aromatic carbocycles. The van der Waals surface area contributed by atoms with Gasteiger partial charge in [-0.2, -0.15) is 0 Å². The Kier molecular flexibility index (Phi) is 40.4. The van der Waals surface area contributed by atoms with Crippen molar-refractivity contribution in [1.29, 1.82) is 0 Å². The number of aliphatic hydroxyl groups is 4. The van der Waals surface area contributed by atoms with Gasteiger partial charge in [0.1, 0.15) is 31.0 Å². The number of rotatable bonds is 44. The van der Waals surface area contributed by atoms with Gasteiger partial charge >= 0.3 is 11.9 Å². The summed E-state index contributed by atoms with van der Waals surface area (Å²) in [4.78, 5) is 25.4. The summed E-state index contributed by atoms with van der Waals surface area (Å²) in [6, 6.07) is 0. The van der Waals surface area contributed by atoms with Crippen molar-refractivity contribution in [3.05, 3.63) is 24.3 Å². The normalized spacial score (nSPS) is 19.7. The molecule has 0 amide bonds. The van der Waals surface area contributed by atoms with E-state index in [1.807, 2.05) is 0 Å². The molecule has 0 spiro atoms. The third kappa shape index (κ3) is 33.7. The van der Waals surface area contributed by atoms with Crippen LogP contribution in [0.4, 0.5) is 0 Å². The number of carbonyl (C=O) groups is 2. The predicted octanol–water partition coefficient (Wildman–Crippen LogP) is 12.1. The van der Waals surface area contributed by atoms with Crippen LogP contribution in [-0.2, 0) is 28.5 Å². The van der Waals surface area contributed by atoms with Gasteiger partial charge in [-0.3, -0.25) is 9.59 Å². The Labute approximate surface area is 379 Å². The molecule has 10 heteroatoms. The van der Waals surface area contributed by atoms with Crippen molar-refractivity contribution in [3.8, 4) is 0 Å². The molecule has 4 N–H and O–H groups in total. The van der Waals surface area contributed by atoms with Crippen LogP contribution in [0, 0.1) is 0 Å². The number of aliphatic hydroxyl groups excluding tert-OH is 4. The van der Waals surface area contributed by atoms with Crippen molar-refractivity contribution in [2.24, 2.45) is 0 Å². The lowest BCUT2D eigenvalue weighted by Crippen LogP contribution is -2.59. The first kappa shape index (κ1) is 58.2. The van der Waals surface area contributed by atoms with Gasteiger partial charge in [-0.05, 0) is 44.9 Å². The molecule has 1 aliphatic rings. The van der Waals surface area contributed by atoms with Crippen LogP contribution in [0.2, 0.25) is 0 Å². The third-order valence-corrected chi connectivity index (χ3v) is 12.1. The Morgan fingerprint density at radius 1 is 0.484 bits per heavy atom. The van der Waals surface area contributed by atoms with E-state index in [1.54, 1.807) is 0 Å². The minimum Gasteiger partial charge on any atom is -0.462 e. The monoisotopic (exact) mass is 881 g/mol. The van der Waals surface area contributed by atoms with E-state index in [4.69, 9.17) is 18.9 Å². The first-order valence-corrected chi connectivity index (χ1v) is 25.9. The van der Waals surface area contributed by atoms with E-state index >= 15 is 0 Å². The fourth-order valence-electron chi connectivity index (χ4n) is 7.98. The number of allylic oxidation sites excluding steroid dienone is 4. The summed E-state index contributed by atoms with van der Waals surface area (Å²) in [5.74, 6) is -0.845. The highest BCUT2D eigenvalue weighted by Gasteiger charge is 2.44. The van der Waals surface area contributed by atoms with Gasteiger partial charge < -0.3 is 39.4 Å². The van der Waals surface area contributed by atoms with E-state index in [-0.39, 0.29) is 26.1 Å². The molecule has 1 fully saturated rings. The number of unbranched alkanes of at least 4 members (excludes halogenated alkanes) is 29. The zero-order valence-electron chi connectivity index (χ0n) is 39.9. The Bertz CT molecular complexity index is 1060. The number of carbonyl (C=O) groups excluding carboxylic acids is 2. The minimum atomic E-state index is -1.60. The largest absolute Gasteiger partial charge is 0.462 e. The SMILES string of the molecule is CCCCCCCCCCCCCCCC/C=C/CC/C=C/CCCC(=O)OC[C@@H](CO[C@H]1O[C@@H](CO)[C@@H](O)C(O)C1O)OC(=O)CCCCCCCCCCCCCCCC. The van der Waals surface area contributed by atoms with Crippen molar-refractivity contribution in [1.82, 2.24) is 0 Å². The second-order valence-corrected chi connectivity index (χ2v) is 18.0. The van der Waals surface area contributed by atoms with Gasteiger partial charge in [0.05, 0.1) is 13.2 Å². The quantitative estimate of drug-likeness (QED) is 0.0264. The molecule has 2 unspecified atom stereocenters. The lowest BCUT2D eigenvalue weighted by atomic mass is 9.99. The van der Waals surface area contributed by atoms with Crippen LogP contribution < -0.4 is 0 Å². The van der Waals surface area contributed by atoms with Gasteiger partial charge in [0.2, 0.25) is 0 Å². The highest BCUT2D eigenvalue weighted by atomic mass is 16.7. The van der Waals surface area contributed by atoms with Crippen LogP contribution in [0.3, 0.4) is 0 Å². The van der Waals surface area contributed by atoms with Gasteiger partial charge in [0.25, 0.3) is 0 Å². The Morgan fingerprint density at radius 2 is 0.887 bits per heavy atom. The average molecular weight is 881 g/mol. The van der Waals surface area contributed by atoms with Crippen LogP contribution in [0.1, 0.15) is 239 Å². The van der Waals surface area contributed by atoms with Crippen LogP contribution in [0.15, 0.2) is 24.3 Å². The lowest BCUT2D eigenvalue weighted by molar-refractivity contribution is -0.305. The summed E-state index contributed by atoms with van der Waals surface area (Å²) < 4.78 is 22.2. The third-order valence-electron chi connectivity index (χ3n) is 12.1. The van der Waals surface area contributed by atoms with Crippen molar-refractivity contribution >= 4 is 11.9 Å². The summed E-state index contributed by atoms with van der Waals surface area (Å²) >= 11 is 0.